The Hall–Kier alpha value is -0.410. The molecule has 0 radical (unpaired) electrons. The first-order valence-electron chi connectivity index (χ1n) is 7.11. The van der Waals surface area contributed by atoms with Crippen LogP contribution in [0.1, 0.15) is 51.4 Å². The summed E-state index contributed by atoms with van der Waals surface area (Å²) in [7, 11) is 0. The molecular formula is C14H25NO2. The second-order valence-electron chi connectivity index (χ2n) is 5.68. The first-order chi connectivity index (χ1) is 8.28. The van der Waals surface area contributed by atoms with E-state index in [9.17, 15) is 4.79 Å². The van der Waals surface area contributed by atoms with Crippen LogP contribution in [0.4, 0.5) is 0 Å². The van der Waals surface area contributed by atoms with Crippen LogP contribution in [-0.4, -0.2) is 25.5 Å². The predicted molar refractivity (Wildman–Crippen MR) is 67.7 cm³/mol. The number of carbonyl (C=O) groups excluding carboxylic acids is 1. The summed E-state index contributed by atoms with van der Waals surface area (Å²) in [6.45, 7) is 1.97. The maximum Gasteiger partial charge on any atom is 0.145 e. The van der Waals surface area contributed by atoms with Gasteiger partial charge in [-0.05, 0) is 25.7 Å². The van der Waals surface area contributed by atoms with Gasteiger partial charge in [0, 0.05) is 24.5 Å². The fourth-order valence-corrected chi connectivity index (χ4v) is 3.34. The van der Waals surface area contributed by atoms with E-state index in [4.69, 9.17) is 10.5 Å². The number of hydrogen-bond acceptors (Lipinski definition) is 3. The maximum absolute atomic E-state index is 12.7. The monoisotopic (exact) mass is 239 g/mol. The summed E-state index contributed by atoms with van der Waals surface area (Å²) in [4.78, 5) is 12.7. The Kier molecular flexibility index (Phi) is 4.57. The molecule has 2 aliphatic rings. The van der Waals surface area contributed by atoms with Gasteiger partial charge in [0.2, 0.25) is 0 Å². The van der Waals surface area contributed by atoms with Crippen LogP contribution in [0.15, 0.2) is 0 Å². The van der Waals surface area contributed by atoms with Crippen molar-refractivity contribution < 1.29 is 9.53 Å². The molecule has 1 unspecified atom stereocenters. The Balaban J connectivity index is 2.06. The molecule has 1 heterocycles. The van der Waals surface area contributed by atoms with Crippen molar-refractivity contribution in [1.29, 1.82) is 0 Å². The molecule has 2 fully saturated rings. The van der Waals surface area contributed by atoms with Crippen molar-refractivity contribution in [2.24, 2.45) is 17.1 Å². The van der Waals surface area contributed by atoms with Gasteiger partial charge in [-0.25, -0.2) is 0 Å². The lowest BCUT2D eigenvalue weighted by Gasteiger charge is -2.34. The van der Waals surface area contributed by atoms with E-state index in [1.165, 1.54) is 12.8 Å². The van der Waals surface area contributed by atoms with Gasteiger partial charge in [-0.1, -0.05) is 25.7 Å². The molecule has 1 aliphatic heterocycles. The maximum atomic E-state index is 12.7. The molecule has 0 amide bonds. The molecule has 1 aliphatic carbocycles. The summed E-state index contributed by atoms with van der Waals surface area (Å²) in [5.74, 6) is 0.520. The van der Waals surface area contributed by atoms with Crippen LogP contribution >= 0.6 is 0 Å². The normalized spacial score (nSPS) is 29.6. The molecule has 17 heavy (non-hydrogen) atoms. The Morgan fingerprint density at radius 2 is 1.88 bits per heavy atom. The number of carbonyl (C=O) groups is 1. The predicted octanol–water partition coefficient (Wildman–Crippen LogP) is 2.28. The smallest absolute Gasteiger partial charge is 0.145 e. The summed E-state index contributed by atoms with van der Waals surface area (Å²) in [5.41, 5.74) is 5.73. The first-order valence-corrected chi connectivity index (χ1v) is 7.11. The zero-order chi connectivity index (χ0) is 12.1. The van der Waals surface area contributed by atoms with Crippen LogP contribution in [0, 0.1) is 11.3 Å². The molecule has 2 N–H and O–H groups in total. The molecule has 98 valence electrons. The van der Waals surface area contributed by atoms with Gasteiger partial charge in [0.15, 0.2) is 0 Å². The summed E-state index contributed by atoms with van der Waals surface area (Å²) < 4.78 is 5.45. The largest absolute Gasteiger partial charge is 0.381 e. The standard InChI is InChI=1S/C14H25NO2/c15-11-14(7-3-1-2-4-8-14)13(16)12-6-5-9-17-10-12/h12H,1-11,15H2. The molecule has 3 nitrogen and oxygen atoms in total. The molecule has 1 atom stereocenters. The average Bonchev–Trinajstić information content (AvgIpc) is 2.65. The van der Waals surface area contributed by atoms with Crippen molar-refractivity contribution >= 4 is 5.78 Å². The highest BCUT2D eigenvalue weighted by atomic mass is 16.5. The lowest BCUT2D eigenvalue weighted by atomic mass is 9.71. The van der Waals surface area contributed by atoms with Gasteiger partial charge in [-0.15, -0.1) is 0 Å². The van der Waals surface area contributed by atoms with Crippen LogP contribution in [0.5, 0.6) is 0 Å². The van der Waals surface area contributed by atoms with Gasteiger partial charge >= 0.3 is 0 Å². The summed E-state index contributed by atoms with van der Waals surface area (Å²) in [6, 6.07) is 0. The van der Waals surface area contributed by atoms with Crippen molar-refractivity contribution in [3.8, 4) is 0 Å². The zero-order valence-electron chi connectivity index (χ0n) is 10.7. The number of nitrogens with two attached hydrogens (primary N) is 1. The third-order valence-electron chi connectivity index (χ3n) is 4.51. The Bertz CT molecular complexity index is 251. The minimum atomic E-state index is -0.220. The number of Topliss-reactive ketones (excluding diaryl/α,β-unsaturated/α-hetero) is 1. The van der Waals surface area contributed by atoms with Crippen LogP contribution < -0.4 is 5.73 Å². The van der Waals surface area contributed by atoms with E-state index in [1.807, 2.05) is 0 Å². The van der Waals surface area contributed by atoms with Gasteiger partial charge in [-0.3, -0.25) is 4.79 Å². The Morgan fingerprint density at radius 1 is 1.18 bits per heavy atom. The average molecular weight is 239 g/mol. The van der Waals surface area contributed by atoms with Crippen molar-refractivity contribution in [3.63, 3.8) is 0 Å². The highest BCUT2D eigenvalue weighted by Crippen LogP contribution is 2.38. The lowest BCUT2D eigenvalue weighted by molar-refractivity contribution is -0.137. The van der Waals surface area contributed by atoms with E-state index in [0.29, 0.717) is 18.9 Å². The number of hydrogen-bond donors (Lipinski definition) is 1. The molecule has 0 bridgehead atoms. The molecule has 2 rings (SSSR count). The Labute approximate surface area is 104 Å². The molecule has 1 saturated carbocycles. The third-order valence-corrected chi connectivity index (χ3v) is 4.51. The van der Waals surface area contributed by atoms with Gasteiger partial charge in [0.1, 0.15) is 5.78 Å². The molecule has 1 saturated heterocycles. The zero-order valence-corrected chi connectivity index (χ0v) is 10.7. The molecule has 3 heteroatoms. The van der Waals surface area contributed by atoms with Crippen molar-refractivity contribution in [1.82, 2.24) is 0 Å². The lowest BCUT2D eigenvalue weighted by Crippen LogP contribution is -2.44. The summed E-state index contributed by atoms with van der Waals surface area (Å²) in [5, 5.41) is 0. The quantitative estimate of drug-likeness (QED) is 0.769. The van der Waals surface area contributed by atoms with E-state index in [-0.39, 0.29) is 11.3 Å². The number of ether oxygens (including phenoxy) is 1. The summed E-state index contributed by atoms with van der Waals surface area (Å²) >= 11 is 0. The SMILES string of the molecule is NCC1(C(=O)C2CCCOC2)CCCCCC1. The van der Waals surface area contributed by atoms with Crippen LogP contribution in [0.2, 0.25) is 0 Å². The molecular weight excluding hydrogens is 214 g/mol. The molecule has 0 aromatic carbocycles. The molecule has 0 aromatic rings. The van der Waals surface area contributed by atoms with E-state index >= 15 is 0 Å². The van der Waals surface area contributed by atoms with Crippen molar-refractivity contribution in [2.75, 3.05) is 19.8 Å². The van der Waals surface area contributed by atoms with Crippen molar-refractivity contribution in [3.05, 3.63) is 0 Å². The van der Waals surface area contributed by atoms with Crippen LogP contribution in [0.25, 0.3) is 0 Å². The van der Waals surface area contributed by atoms with Crippen LogP contribution in [0.3, 0.4) is 0 Å². The number of rotatable bonds is 3. The van der Waals surface area contributed by atoms with Crippen molar-refractivity contribution in [2.45, 2.75) is 51.4 Å². The highest BCUT2D eigenvalue weighted by Gasteiger charge is 2.41. The van der Waals surface area contributed by atoms with E-state index in [2.05, 4.69) is 0 Å². The van der Waals surface area contributed by atoms with Gasteiger partial charge in [-0.2, -0.15) is 0 Å². The third kappa shape index (κ3) is 2.89. The fraction of sp³-hybridized carbons (Fsp3) is 0.929. The second kappa shape index (κ2) is 5.96. The fourth-order valence-electron chi connectivity index (χ4n) is 3.34. The summed E-state index contributed by atoms with van der Waals surface area (Å²) in [6.07, 6.45) is 8.87. The topological polar surface area (TPSA) is 52.3 Å². The Morgan fingerprint density at radius 3 is 2.41 bits per heavy atom. The minimum Gasteiger partial charge on any atom is -0.381 e. The number of ketones is 1. The molecule has 0 spiro atoms. The second-order valence-corrected chi connectivity index (χ2v) is 5.68. The van der Waals surface area contributed by atoms with Gasteiger partial charge in [0.05, 0.1) is 6.61 Å². The highest BCUT2D eigenvalue weighted by molar-refractivity contribution is 5.87. The van der Waals surface area contributed by atoms with Gasteiger partial charge in [0.25, 0.3) is 0 Å². The van der Waals surface area contributed by atoms with E-state index in [1.54, 1.807) is 0 Å². The van der Waals surface area contributed by atoms with E-state index in [0.717, 1.165) is 45.1 Å². The van der Waals surface area contributed by atoms with Gasteiger partial charge < -0.3 is 10.5 Å². The minimum absolute atomic E-state index is 0.116. The van der Waals surface area contributed by atoms with Crippen LogP contribution in [-0.2, 0) is 9.53 Å². The first kappa shape index (κ1) is 13.0. The van der Waals surface area contributed by atoms with E-state index < -0.39 is 0 Å². The molecule has 0 aromatic heterocycles.